The Bertz CT molecular complexity index is 148. The Morgan fingerprint density at radius 2 is 1.92 bits per heavy atom. The Kier molecular flexibility index (Phi) is 3.23. The van der Waals surface area contributed by atoms with Gasteiger partial charge in [0.25, 0.3) is 0 Å². The standard InChI is InChI=1S/C11H22N2/c1-10(12-11-5-4-6-11)9-13-7-2-3-8-13/h10-12H,2-9H2,1H3. The first kappa shape index (κ1) is 9.47. The molecule has 2 nitrogen and oxygen atoms in total. The zero-order valence-electron chi connectivity index (χ0n) is 8.76. The highest BCUT2D eigenvalue weighted by atomic mass is 15.2. The van der Waals surface area contributed by atoms with E-state index < -0.39 is 0 Å². The van der Waals surface area contributed by atoms with Crippen LogP contribution in [0.3, 0.4) is 0 Å². The van der Waals surface area contributed by atoms with Gasteiger partial charge in [-0.3, -0.25) is 0 Å². The van der Waals surface area contributed by atoms with Crippen LogP contribution in [0.5, 0.6) is 0 Å². The van der Waals surface area contributed by atoms with E-state index in [1.54, 1.807) is 0 Å². The smallest absolute Gasteiger partial charge is 0.0169 e. The molecular weight excluding hydrogens is 160 g/mol. The second-order valence-electron chi connectivity index (χ2n) is 4.70. The molecule has 2 heteroatoms. The molecule has 1 N–H and O–H groups in total. The van der Waals surface area contributed by atoms with Gasteiger partial charge in [-0.1, -0.05) is 6.42 Å². The minimum atomic E-state index is 0.698. The van der Waals surface area contributed by atoms with Gasteiger partial charge in [-0.25, -0.2) is 0 Å². The van der Waals surface area contributed by atoms with Crippen molar-refractivity contribution >= 4 is 0 Å². The quantitative estimate of drug-likeness (QED) is 0.710. The van der Waals surface area contributed by atoms with Crippen molar-refractivity contribution in [2.75, 3.05) is 19.6 Å². The average Bonchev–Trinajstić information content (AvgIpc) is 2.49. The number of nitrogens with zero attached hydrogens (tertiary/aromatic N) is 1. The van der Waals surface area contributed by atoms with E-state index >= 15 is 0 Å². The Morgan fingerprint density at radius 1 is 1.23 bits per heavy atom. The predicted molar refractivity (Wildman–Crippen MR) is 55.9 cm³/mol. The average molecular weight is 182 g/mol. The maximum Gasteiger partial charge on any atom is 0.0169 e. The van der Waals surface area contributed by atoms with Gasteiger partial charge in [-0.2, -0.15) is 0 Å². The molecule has 1 aliphatic carbocycles. The molecule has 0 aromatic rings. The third kappa shape index (κ3) is 2.68. The fraction of sp³-hybridized carbons (Fsp3) is 1.00. The van der Waals surface area contributed by atoms with E-state index in [1.165, 1.54) is 51.7 Å². The van der Waals surface area contributed by atoms with Crippen LogP contribution in [0.4, 0.5) is 0 Å². The zero-order chi connectivity index (χ0) is 9.10. The topological polar surface area (TPSA) is 15.3 Å². The lowest BCUT2D eigenvalue weighted by atomic mass is 9.92. The van der Waals surface area contributed by atoms with Gasteiger partial charge in [0.05, 0.1) is 0 Å². The molecule has 1 atom stereocenters. The lowest BCUT2D eigenvalue weighted by Gasteiger charge is -2.31. The molecule has 0 bridgehead atoms. The van der Waals surface area contributed by atoms with E-state index in [0.29, 0.717) is 6.04 Å². The van der Waals surface area contributed by atoms with Crippen molar-refractivity contribution in [3.05, 3.63) is 0 Å². The number of rotatable bonds is 4. The Hall–Kier alpha value is -0.0800. The molecule has 0 aromatic carbocycles. The first-order valence-electron chi connectivity index (χ1n) is 5.83. The molecule has 2 aliphatic rings. The number of hydrogen-bond acceptors (Lipinski definition) is 2. The zero-order valence-corrected chi connectivity index (χ0v) is 8.76. The van der Waals surface area contributed by atoms with Gasteiger partial charge in [0.1, 0.15) is 0 Å². The maximum atomic E-state index is 3.70. The number of likely N-dealkylation sites (tertiary alicyclic amines) is 1. The molecule has 13 heavy (non-hydrogen) atoms. The largest absolute Gasteiger partial charge is 0.310 e. The fourth-order valence-electron chi connectivity index (χ4n) is 2.38. The van der Waals surface area contributed by atoms with Gasteiger partial charge in [0.2, 0.25) is 0 Å². The highest BCUT2D eigenvalue weighted by Crippen LogP contribution is 2.19. The van der Waals surface area contributed by atoms with Gasteiger partial charge >= 0.3 is 0 Å². The summed E-state index contributed by atoms with van der Waals surface area (Å²) in [6.45, 7) is 6.25. The van der Waals surface area contributed by atoms with E-state index in [9.17, 15) is 0 Å². The molecule has 1 saturated carbocycles. The van der Waals surface area contributed by atoms with Gasteiger partial charge in [-0.05, 0) is 45.7 Å². The summed E-state index contributed by atoms with van der Waals surface area (Å²) in [7, 11) is 0. The van der Waals surface area contributed by atoms with Crippen LogP contribution in [-0.2, 0) is 0 Å². The highest BCUT2D eigenvalue weighted by Gasteiger charge is 2.20. The van der Waals surface area contributed by atoms with E-state index in [-0.39, 0.29) is 0 Å². The third-order valence-corrected chi connectivity index (χ3v) is 3.36. The van der Waals surface area contributed by atoms with E-state index in [2.05, 4.69) is 17.1 Å². The van der Waals surface area contributed by atoms with Crippen molar-refractivity contribution in [1.29, 1.82) is 0 Å². The summed E-state index contributed by atoms with van der Waals surface area (Å²) in [6, 6.07) is 1.54. The first-order valence-corrected chi connectivity index (χ1v) is 5.83. The summed E-state index contributed by atoms with van der Waals surface area (Å²) in [5, 5.41) is 3.70. The van der Waals surface area contributed by atoms with E-state index in [1.807, 2.05) is 0 Å². The second-order valence-corrected chi connectivity index (χ2v) is 4.70. The molecule has 1 saturated heterocycles. The normalized spacial score (nSPS) is 27.5. The van der Waals surface area contributed by atoms with Gasteiger partial charge in [0, 0.05) is 18.6 Å². The van der Waals surface area contributed by atoms with Gasteiger partial charge < -0.3 is 10.2 Å². The third-order valence-electron chi connectivity index (χ3n) is 3.36. The van der Waals surface area contributed by atoms with Crippen LogP contribution in [0, 0.1) is 0 Å². The molecule has 0 aromatic heterocycles. The molecule has 0 radical (unpaired) electrons. The van der Waals surface area contributed by atoms with Gasteiger partial charge in [0.15, 0.2) is 0 Å². The number of hydrogen-bond donors (Lipinski definition) is 1. The van der Waals surface area contributed by atoms with Gasteiger partial charge in [-0.15, -0.1) is 0 Å². The van der Waals surface area contributed by atoms with Crippen LogP contribution in [0.2, 0.25) is 0 Å². The first-order chi connectivity index (χ1) is 6.34. The van der Waals surface area contributed by atoms with Crippen molar-refractivity contribution in [3.63, 3.8) is 0 Å². The summed E-state index contributed by atoms with van der Waals surface area (Å²) >= 11 is 0. The molecular formula is C11H22N2. The fourth-order valence-corrected chi connectivity index (χ4v) is 2.38. The molecule has 1 unspecified atom stereocenters. The Balaban J connectivity index is 1.61. The van der Waals surface area contributed by atoms with E-state index in [0.717, 1.165) is 6.04 Å². The van der Waals surface area contributed by atoms with Crippen LogP contribution in [0.25, 0.3) is 0 Å². The summed E-state index contributed by atoms with van der Waals surface area (Å²) in [5.74, 6) is 0. The van der Waals surface area contributed by atoms with Crippen LogP contribution < -0.4 is 5.32 Å². The van der Waals surface area contributed by atoms with Crippen LogP contribution in [-0.4, -0.2) is 36.6 Å². The monoisotopic (exact) mass is 182 g/mol. The molecule has 76 valence electrons. The molecule has 1 heterocycles. The highest BCUT2D eigenvalue weighted by molar-refractivity contribution is 4.81. The van der Waals surface area contributed by atoms with Crippen molar-refractivity contribution in [2.45, 2.75) is 51.1 Å². The predicted octanol–water partition coefficient (Wildman–Crippen LogP) is 1.61. The minimum absolute atomic E-state index is 0.698. The summed E-state index contributed by atoms with van der Waals surface area (Å²) in [5.41, 5.74) is 0. The molecule has 1 aliphatic heterocycles. The summed E-state index contributed by atoms with van der Waals surface area (Å²) in [6.07, 6.45) is 7.08. The molecule has 2 rings (SSSR count). The lowest BCUT2D eigenvalue weighted by molar-refractivity contribution is 0.251. The second kappa shape index (κ2) is 4.43. The summed E-state index contributed by atoms with van der Waals surface area (Å²) in [4.78, 5) is 2.59. The molecule has 0 spiro atoms. The maximum absolute atomic E-state index is 3.70. The van der Waals surface area contributed by atoms with Crippen LogP contribution in [0.1, 0.15) is 39.0 Å². The number of nitrogens with one attached hydrogen (secondary N) is 1. The van der Waals surface area contributed by atoms with Crippen molar-refractivity contribution < 1.29 is 0 Å². The van der Waals surface area contributed by atoms with Crippen molar-refractivity contribution in [1.82, 2.24) is 10.2 Å². The van der Waals surface area contributed by atoms with Crippen LogP contribution in [0.15, 0.2) is 0 Å². The van der Waals surface area contributed by atoms with Crippen molar-refractivity contribution in [2.24, 2.45) is 0 Å². The Labute approximate surface area is 81.7 Å². The molecule has 2 fully saturated rings. The SMILES string of the molecule is CC(CN1CCCC1)NC1CCC1. The van der Waals surface area contributed by atoms with Crippen molar-refractivity contribution in [3.8, 4) is 0 Å². The van der Waals surface area contributed by atoms with E-state index in [4.69, 9.17) is 0 Å². The Morgan fingerprint density at radius 3 is 2.46 bits per heavy atom. The molecule has 0 amide bonds. The van der Waals surface area contributed by atoms with Crippen LogP contribution >= 0.6 is 0 Å². The lowest BCUT2D eigenvalue weighted by Crippen LogP contribution is -2.45. The summed E-state index contributed by atoms with van der Waals surface area (Å²) < 4.78 is 0. The minimum Gasteiger partial charge on any atom is -0.310 e.